The minimum Gasteiger partial charge on any atom is -0.481 e. The van der Waals surface area contributed by atoms with Gasteiger partial charge in [-0.15, -0.1) is 0 Å². The van der Waals surface area contributed by atoms with Crippen molar-refractivity contribution in [3.63, 3.8) is 0 Å². The highest BCUT2D eigenvalue weighted by molar-refractivity contribution is 5.89. The van der Waals surface area contributed by atoms with Gasteiger partial charge < -0.3 is 5.11 Å². The lowest BCUT2D eigenvalue weighted by atomic mass is 9.33. The summed E-state index contributed by atoms with van der Waals surface area (Å²) in [7, 11) is 0. The fourth-order valence-electron chi connectivity index (χ4n) is 10.6. The zero-order valence-corrected chi connectivity index (χ0v) is 22.0. The molecule has 1 N–H and O–H groups in total. The monoisotopic (exact) mass is 465 g/mol. The Kier molecular flexibility index (Phi) is 5.10. The number of nitrogens with zero attached hydrogens (tertiary/aromatic N) is 1. The summed E-state index contributed by atoms with van der Waals surface area (Å²) in [5.41, 5.74) is 0.368. The molecule has 0 aromatic rings. The lowest BCUT2D eigenvalue weighted by molar-refractivity contribution is -0.191. The second-order valence-corrected chi connectivity index (χ2v) is 14.2. The third-order valence-electron chi connectivity index (χ3n) is 12.7. The maximum Gasteiger partial charge on any atom is 0.310 e. The molecular formula is C30H43NO3. The maximum atomic E-state index is 13.2. The van der Waals surface area contributed by atoms with Crippen LogP contribution in [0.1, 0.15) is 99.3 Å². The Balaban J connectivity index is 1.61. The average Bonchev–Trinajstić information content (AvgIpc) is 2.76. The standard InChI is InChI=1S/C30H43NO3/c1-18-9-12-30(25(33)34)14-13-28(5)20(21(30)15-18)7-8-23-27(4)16-19(17-31)24(32)26(2,3)22(27)10-11-29(23,28)6/h7,18-19,21-23H,8-16H2,1-6H3,(H,33,34)/t18-,19?,21?,22-,23+,27-,28+,29+,30-/m0/s1. The minimum atomic E-state index is -0.590. The maximum absolute atomic E-state index is 13.2. The molecule has 0 aliphatic heterocycles. The number of Topliss-reactive ketones (excluding diaryl/α,β-unsaturated/α-hetero) is 1. The summed E-state index contributed by atoms with van der Waals surface area (Å²) in [6, 6.07) is 2.37. The van der Waals surface area contributed by atoms with Gasteiger partial charge in [0.1, 0.15) is 5.92 Å². The van der Waals surface area contributed by atoms with Crippen LogP contribution in [0, 0.1) is 68.0 Å². The number of nitriles is 1. The van der Waals surface area contributed by atoms with Gasteiger partial charge in [-0.25, -0.2) is 0 Å². The molecule has 0 heterocycles. The largest absolute Gasteiger partial charge is 0.481 e. The van der Waals surface area contributed by atoms with Crippen molar-refractivity contribution >= 4 is 11.8 Å². The van der Waals surface area contributed by atoms with Crippen LogP contribution in [0.5, 0.6) is 0 Å². The quantitative estimate of drug-likeness (QED) is 0.432. The molecule has 0 amide bonds. The van der Waals surface area contributed by atoms with E-state index in [9.17, 15) is 20.0 Å². The Labute approximate surface area is 205 Å². The molecule has 0 bridgehead atoms. The van der Waals surface area contributed by atoms with Gasteiger partial charge >= 0.3 is 5.97 Å². The SMILES string of the molecule is C[C@H]1CC[C@]2(C(=O)O)CC[C@]3(C)C(=CC[C@@H]4[C@@]5(C)CC(C#N)C(=O)C(C)(C)[C@@H]5CC[C@]43C)C2C1. The summed E-state index contributed by atoms with van der Waals surface area (Å²) in [5.74, 6) is 0.466. The molecule has 5 aliphatic rings. The molecule has 4 saturated carbocycles. The molecule has 0 saturated heterocycles. The van der Waals surface area contributed by atoms with Gasteiger partial charge in [-0.2, -0.15) is 5.26 Å². The molecular weight excluding hydrogens is 422 g/mol. The third kappa shape index (κ3) is 2.71. The van der Waals surface area contributed by atoms with Crippen LogP contribution in [0.4, 0.5) is 0 Å². The van der Waals surface area contributed by atoms with Crippen molar-refractivity contribution in [2.24, 2.45) is 56.7 Å². The molecule has 2 unspecified atom stereocenters. The molecule has 0 aromatic carbocycles. The first-order chi connectivity index (χ1) is 15.8. The summed E-state index contributed by atoms with van der Waals surface area (Å²) < 4.78 is 0. The number of rotatable bonds is 1. The number of carboxylic acids is 1. The molecule has 5 rings (SSSR count). The van der Waals surface area contributed by atoms with Gasteiger partial charge in [0.05, 0.1) is 11.5 Å². The summed E-state index contributed by atoms with van der Waals surface area (Å²) in [4.78, 5) is 25.9. The lowest BCUT2D eigenvalue weighted by Gasteiger charge is -2.70. The molecule has 0 radical (unpaired) electrons. The third-order valence-corrected chi connectivity index (χ3v) is 12.7. The van der Waals surface area contributed by atoms with Gasteiger partial charge in [-0.3, -0.25) is 9.59 Å². The second-order valence-electron chi connectivity index (χ2n) is 14.2. The van der Waals surface area contributed by atoms with Crippen molar-refractivity contribution in [1.29, 1.82) is 5.26 Å². The van der Waals surface area contributed by atoms with E-state index in [1.807, 2.05) is 0 Å². The van der Waals surface area contributed by atoms with Gasteiger partial charge in [0, 0.05) is 5.41 Å². The molecule has 34 heavy (non-hydrogen) atoms. The van der Waals surface area contributed by atoms with E-state index < -0.39 is 22.7 Å². The van der Waals surface area contributed by atoms with E-state index in [2.05, 4.69) is 53.7 Å². The predicted octanol–water partition coefficient (Wildman–Crippen LogP) is 6.80. The molecule has 4 fully saturated rings. The zero-order valence-electron chi connectivity index (χ0n) is 22.0. The topological polar surface area (TPSA) is 78.2 Å². The van der Waals surface area contributed by atoms with Crippen LogP contribution < -0.4 is 0 Å². The van der Waals surface area contributed by atoms with E-state index in [1.54, 1.807) is 0 Å². The fourth-order valence-corrected chi connectivity index (χ4v) is 10.6. The summed E-state index contributed by atoms with van der Waals surface area (Å²) in [6.07, 6.45) is 10.7. The highest BCUT2D eigenvalue weighted by Gasteiger charge is 2.69. The highest BCUT2D eigenvalue weighted by atomic mass is 16.4. The predicted molar refractivity (Wildman–Crippen MR) is 132 cm³/mol. The molecule has 9 atom stereocenters. The van der Waals surface area contributed by atoms with E-state index in [4.69, 9.17) is 0 Å². The zero-order chi connectivity index (χ0) is 24.9. The van der Waals surface area contributed by atoms with E-state index >= 15 is 0 Å². The van der Waals surface area contributed by atoms with Crippen LogP contribution in [0.3, 0.4) is 0 Å². The second kappa shape index (κ2) is 7.21. The van der Waals surface area contributed by atoms with Crippen molar-refractivity contribution < 1.29 is 14.7 Å². The van der Waals surface area contributed by atoms with E-state index in [0.29, 0.717) is 24.2 Å². The number of carbonyl (C=O) groups is 2. The number of fused-ring (bicyclic) bond motifs is 7. The van der Waals surface area contributed by atoms with Gasteiger partial charge in [0.25, 0.3) is 0 Å². The van der Waals surface area contributed by atoms with E-state index in [-0.39, 0.29) is 27.9 Å². The summed E-state index contributed by atoms with van der Waals surface area (Å²) >= 11 is 0. The van der Waals surface area contributed by atoms with Crippen molar-refractivity contribution in [2.75, 3.05) is 0 Å². The average molecular weight is 466 g/mol. The van der Waals surface area contributed by atoms with Crippen molar-refractivity contribution in [2.45, 2.75) is 99.3 Å². The highest BCUT2D eigenvalue weighted by Crippen LogP contribution is 2.75. The Bertz CT molecular complexity index is 1010. The van der Waals surface area contributed by atoms with Crippen molar-refractivity contribution in [1.82, 2.24) is 0 Å². The molecule has 5 aliphatic carbocycles. The number of aliphatic carboxylic acids is 1. The first-order valence-corrected chi connectivity index (χ1v) is 13.7. The van der Waals surface area contributed by atoms with Gasteiger partial charge in [-0.1, -0.05) is 53.2 Å². The Morgan fingerprint density at radius 2 is 1.76 bits per heavy atom. The molecule has 0 aromatic heterocycles. The van der Waals surface area contributed by atoms with Crippen LogP contribution in [0.2, 0.25) is 0 Å². The van der Waals surface area contributed by atoms with Gasteiger partial charge in [0.2, 0.25) is 0 Å². The van der Waals surface area contributed by atoms with Gasteiger partial charge in [-0.05, 0) is 97.7 Å². The number of ketones is 1. The summed E-state index contributed by atoms with van der Waals surface area (Å²) in [5, 5.41) is 20.3. The number of allylic oxidation sites excluding steroid dienone is 2. The Morgan fingerprint density at radius 1 is 1.06 bits per heavy atom. The van der Waals surface area contributed by atoms with Crippen LogP contribution >= 0.6 is 0 Å². The fraction of sp³-hybridized carbons (Fsp3) is 0.833. The van der Waals surface area contributed by atoms with Crippen LogP contribution in [-0.4, -0.2) is 16.9 Å². The molecule has 4 nitrogen and oxygen atoms in total. The molecule has 186 valence electrons. The Morgan fingerprint density at radius 3 is 2.41 bits per heavy atom. The van der Waals surface area contributed by atoms with Crippen LogP contribution in [-0.2, 0) is 9.59 Å². The number of hydrogen-bond donors (Lipinski definition) is 1. The van der Waals surface area contributed by atoms with E-state index in [0.717, 1.165) is 51.4 Å². The minimum absolute atomic E-state index is 0.0156. The van der Waals surface area contributed by atoms with Crippen molar-refractivity contribution in [3.05, 3.63) is 11.6 Å². The Hall–Kier alpha value is -1.63. The number of carboxylic acid groups (broad SMARTS) is 1. The molecule has 0 spiro atoms. The summed E-state index contributed by atoms with van der Waals surface area (Å²) in [6.45, 7) is 13.8. The first-order valence-electron chi connectivity index (χ1n) is 13.7. The van der Waals surface area contributed by atoms with Crippen molar-refractivity contribution in [3.8, 4) is 6.07 Å². The lowest BCUT2D eigenvalue weighted by Crippen LogP contribution is -2.65. The van der Waals surface area contributed by atoms with Crippen LogP contribution in [0.25, 0.3) is 0 Å². The normalized spacial score (nSPS) is 51.6. The smallest absolute Gasteiger partial charge is 0.310 e. The van der Waals surface area contributed by atoms with Gasteiger partial charge in [0.15, 0.2) is 5.78 Å². The molecule has 4 heteroatoms. The number of carbonyl (C=O) groups excluding carboxylic acids is 1. The first kappa shape index (κ1) is 24.1. The number of hydrogen-bond acceptors (Lipinski definition) is 3. The van der Waals surface area contributed by atoms with Crippen LogP contribution in [0.15, 0.2) is 11.6 Å². The van der Waals surface area contributed by atoms with E-state index in [1.165, 1.54) is 5.57 Å².